The van der Waals surface area contributed by atoms with E-state index in [1.54, 1.807) is 4.90 Å². The Morgan fingerprint density at radius 1 is 1.60 bits per heavy atom. The molecule has 1 unspecified atom stereocenters. The molecule has 0 aliphatic carbocycles. The third-order valence-corrected chi connectivity index (χ3v) is 2.98. The van der Waals surface area contributed by atoms with Crippen molar-refractivity contribution in [3.63, 3.8) is 0 Å². The molecule has 0 aromatic heterocycles. The van der Waals surface area contributed by atoms with E-state index in [4.69, 9.17) is 15.1 Å². The summed E-state index contributed by atoms with van der Waals surface area (Å²) >= 11 is 0. The summed E-state index contributed by atoms with van der Waals surface area (Å²) < 4.78 is 5.07. The number of nitro groups is 1. The Bertz CT molecular complexity index is 595. The van der Waals surface area contributed by atoms with Gasteiger partial charge >= 0.3 is 5.97 Å². The maximum Gasteiger partial charge on any atom is 0.334 e. The standard InChI is InChI=1S/C12H11N3O5/c13-6-8-1-2-9(15(18)19)10(5-8)14-3-4-20-11(7-14)12(16)17/h1-2,5,11H,3-4,7H2,(H,16,17). The minimum absolute atomic E-state index is 0.00502. The smallest absolute Gasteiger partial charge is 0.334 e. The number of aliphatic carboxylic acids is 1. The Labute approximate surface area is 113 Å². The molecule has 1 aliphatic heterocycles. The van der Waals surface area contributed by atoms with Crippen molar-refractivity contribution in [1.82, 2.24) is 0 Å². The van der Waals surface area contributed by atoms with E-state index in [2.05, 4.69) is 0 Å². The number of rotatable bonds is 3. The van der Waals surface area contributed by atoms with Gasteiger partial charge in [-0.2, -0.15) is 5.26 Å². The first kappa shape index (κ1) is 13.8. The number of carboxylic acid groups (broad SMARTS) is 1. The van der Waals surface area contributed by atoms with Crippen LogP contribution >= 0.6 is 0 Å². The molecular formula is C12H11N3O5. The second-order valence-corrected chi connectivity index (χ2v) is 4.22. The fourth-order valence-corrected chi connectivity index (χ4v) is 2.02. The molecule has 1 fully saturated rings. The van der Waals surface area contributed by atoms with Gasteiger partial charge in [0, 0.05) is 12.6 Å². The summed E-state index contributed by atoms with van der Waals surface area (Å²) in [6.45, 7) is 0.495. The molecule has 104 valence electrons. The van der Waals surface area contributed by atoms with Crippen molar-refractivity contribution < 1.29 is 19.6 Å². The number of nitro benzene ring substituents is 1. The molecule has 1 aromatic carbocycles. The van der Waals surface area contributed by atoms with Crippen LogP contribution in [-0.2, 0) is 9.53 Å². The van der Waals surface area contributed by atoms with E-state index in [-0.39, 0.29) is 30.1 Å². The Hall–Kier alpha value is -2.66. The van der Waals surface area contributed by atoms with Crippen LogP contribution in [0.1, 0.15) is 5.56 Å². The van der Waals surface area contributed by atoms with E-state index in [0.717, 1.165) is 0 Å². The Balaban J connectivity index is 2.37. The lowest BCUT2D eigenvalue weighted by atomic mass is 10.1. The van der Waals surface area contributed by atoms with Crippen LogP contribution in [0.15, 0.2) is 18.2 Å². The van der Waals surface area contributed by atoms with Crippen molar-refractivity contribution >= 4 is 17.3 Å². The molecule has 1 atom stereocenters. The first-order valence-corrected chi connectivity index (χ1v) is 5.81. The van der Waals surface area contributed by atoms with Crippen LogP contribution in [-0.4, -0.2) is 41.8 Å². The number of morpholine rings is 1. The lowest BCUT2D eigenvalue weighted by Crippen LogP contribution is -2.46. The highest BCUT2D eigenvalue weighted by atomic mass is 16.6. The van der Waals surface area contributed by atoms with Gasteiger partial charge in [-0.05, 0) is 12.1 Å². The summed E-state index contributed by atoms with van der Waals surface area (Å²) in [6.07, 6.45) is -1.03. The van der Waals surface area contributed by atoms with Crippen molar-refractivity contribution in [3.05, 3.63) is 33.9 Å². The van der Waals surface area contributed by atoms with Gasteiger partial charge in [0.2, 0.25) is 0 Å². The molecular weight excluding hydrogens is 266 g/mol. The predicted octanol–water partition coefficient (Wildman–Crippen LogP) is 0.756. The van der Waals surface area contributed by atoms with Gasteiger partial charge in [0.1, 0.15) is 5.69 Å². The summed E-state index contributed by atoms with van der Waals surface area (Å²) in [5.41, 5.74) is 0.364. The van der Waals surface area contributed by atoms with Gasteiger partial charge in [0.25, 0.3) is 5.69 Å². The van der Waals surface area contributed by atoms with Gasteiger partial charge in [-0.1, -0.05) is 0 Å². The Morgan fingerprint density at radius 2 is 2.35 bits per heavy atom. The number of anilines is 1. The zero-order valence-corrected chi connectivity index (χ0v) is 10.4. The largest absolute Gasteiger partial charge is 0.479 e. The third-order valence-electron chi connectivity index (χ3n) is 2.98. The van der Waals surface area contributed by atoms with Gasteiger partial charge < -0.3 is 14.7 Å². The summed E-state index contributed by atoms with van der Waals surface area (Å²) in [5.74, 6) is -1.12. The fourth-order valence-electron chi connectivity index (χ4n) is 2.02. The van der Waals surface area contributed by atoms with Crippen LogP contribution in [0.2, 0.25) is 0 Å². The summed E-state index contributed by atoms with van der Waals surface area (Å²) in [5, 5.41) is 28.8. The first-order valence-electron chi connectivity index (χ1n) is 5.81. The molecule has 0 amide bonds. The number of carboxylic acids is 1. The SMILES string of the molecule is N#Cc1ccc([N+](=O)[O-])c(N2CCOC(C(=O)O)C2)c1. The molecule has 1 aromatic rings. The second-order valence-electron chi connectivity index (χ2n) is 4.22. The summed E-state index contributed by atoms with van der Waals surface area (Å²) in [4.78, 5) is 23.0. The zero-order chi connectivity index (χ0) is 14.7. The molecule has 0 bridgehead atoms. The average molecular weight is 277 g/mol. The highest BCUT2D eigenvalue weighted by Gasteiger charge is 2.29. The van der Waals surface area contributed by atoms with Crippen LogP contribution in [0, 0.1) is 21.4 Å². The topological polar surface area (TPSA) is 117 Å². The number of carbonyl (C=O) groups is 1. The normalized spacial score (nSPS) is 18.4. The fraction of sp³-hybridized carbons (Fsp3) is 0.333. The zero-order valence-electron chi connectivity index (χ0n) is 10.4. The molecule has 0 radical (unpaired) electrons. The van der Waals surface area contributed by atoms with Crippen molar-refractivity contribution in [2.24, 2.45) is 0 Å². The highest BCUT2D eigenvalue weighted by molar-refractivity contribution is 5.74. The average Bonchev–Trinajstić information content (AvgIpc) is 2.46. The van der Waals surface area contributed by atoms with E-state index in [1.165, 1.54) is 18.2 Å². The highest BCUT2D eigenvalue weighted by Crippen LogP contribution is 2.30. The summed E-state index contributed by atoms with van der Waals surface area (Å²) in [6, 6.07) is 5.91. The Morgan fingerprint density at radius 3 is 2.95 bits per heavy atom. The van der Waals surface area contributed by atoms with E-state index >= 15 is 0 Å². The molecule has 1 N–H and O–H groups in total. The molecule has 1 aliphatic rings. The minimum Gasteiger partial charge on any atom is -0.479 e. The molecule has 2 rings (SSSR count). The number of hydrogen-bond acceptors (Lipinski definition) is 6. The van der Waals surface area contributed by atoms with Gasteiger partial charge in [0.15, 0.2) is 6.10 Å². The van der Waals surface area contributed by atoms with Crippen molar-refractivity contribution in [2.45, 2.75) is 6.10 Å². The van der Waals surface area contributed by atoms with Crippen LogP contribution < -0.4 is 4.90 Å². The molecule has 20 heavy (non-hydrogen) atoms. The van der Waals surface area contributed by atoms with Crippen LogP contribution in [0.25, 0.3) is 0 Å². The van der Waals surface area contributed by atoms with Gasteiger partial charge in [-0.25, -0.2) is 4.79 Å². The van der Waals surface area contributed by atoms with E-state index in [9.17, 15) is 14.9 Å². The number of hydrogen-bond donors (Lipinski definition) is 1. The van der Waals surface area contributed by atoms with E-state index in [1.807, 2.05) is 6.07 Å². The number of ether oxygens (including phenoxy) is 1. The lowest BCUT2D eigenvalue weighted by molar-refractivity contribution is -0.384. The molecule has 8 nitrogen and oxygen atoms in total. The van der Waals surface area contributed by atoms with Crippen LogP contribution in [0.5, 0.6) is 0 Å². The lowest BCUT2D eigenvalue weighted by Gasteiger charge is -2.32. The van der Waals surface area contributed by atoms with Gasteiger partial charge in [0.05, 0.1) is 29.7 Å². The molecule has 0 spiro atoms. The third kappa shape index (κ3) is 2.67. The molecule has 1 heterocycles. The van der Waals surface area contributed by atoms with Gasteiger partial charge in [-0.15, -0.1) is 0 Å². The first-order chi connectivity index (χ1) is 9.52. The minimum atomic E-state index is -1.12. The van der Waals surface area contributed by atoms with E-state index < -0.39 is 17.0 Å². The maximum absolute atomic E-state index is 11.0. The number of nitrogens with zero attached hydrogens (tertiary/aromatic N) is 3. The van der Waals surface area contributed by atoms with Crippen LogP contribution in [0.3, 0.4) is 0 Å². The van der Waals surface area contributed by atoms with Crippen molar-refractivity contribution in [1.29, 1.82) is 5.26 Å². The number of nitriles is 1. The van der Waals surface area contributed by atoms with Crippen molar-refractivity contribution in [2.75, 3.05) is 24.6 Å². The van der Waals surface area contributed by atoms with Gasteiger partial charge in [-0.3, -0.25) is 10.1 Å². The molecule has 1 saturated heterocycles. The quantitative estimate of drug-likeness (QED) is 0.640. The number of benzene rings is 1. The maximum atomic E-state index is 11.0. The second kappa shape index (κ2) is 5.54. The summed E-state index contributed by atoms with van der Waals surface area (Å²) in [7, 11) is 0. The van der Waals surface area contributed by atoms with Crippen molar-refractivity contribution in [3.8, 4) is 6.07 Å². The van der Waals surface area contributed by atoms with Crippen LogP contribution in [0.4, 0.5) is 11.4 Å². The predicted molar refractivity (Wildman–Crippen MR) is 67.4 cm³/mol. The van der Waals surface area contributed by atoms with E-state index in [0.29, 0.717) is 6.54 Å². The molecule has 0 saturated carbocycles. The Kier molecular flexibility index (Phi) is 3.81. The molecule has 8 heteroatoms. The monoisotopic (exact) mass is 277 g/mol.